The van der Waals surface area contributed by atoms with Crippen molar-refractivity contribution in [2.24, 2.45) is 5.73 Å². The molecule has 96 valence electrons. The number of ether oxygens (including phenoxy) is 1. The molecule has 3 N–H and O–H groups in total. The van der Waals surface area contributed by atoms with Gasteiger partial charge in [-0.15, -0.1) is 11.3 Å². The first-order chi connectivity index (χ1) is 8.72. The molecule has 0 saturated heterocycles. The van der Waals surface area contributed by atoms with Gasteiger partial charge in [0.1, 0.15) is 5.75 Å². The molecule has 1 atom stereocenters. The Hall–Kier alpha value is -1.43. The largest absolute Gasteiger partial charge is 0.497 e. The van der Waals surface area contributed by atoms with E-state index in [4.69, 9.17) is 15.6 Å². The van der Waals surface area contributed by atoms with Gasteiger partial charge in [0.15, 0.2) is 0 Å². The third kappa shape index (κ3) is 3.07. The molecule has 0 saturated carbocycles. The number of aromatic nitrogens is 1. The number of hydrogen-bond acceptors (Lipinski definition) is 5. The minimum absolute atomic E-state index is 0.0198. The van der Waals surface area contributed by atoms with Gasteiger partial charge in [0, 0.05) is 23.4 Å². The second kappa shape index (κ2) is 5.95. The molecule has 1 heterocycles. The maximum Gasteiger partial charge on any atom is 0.119 e. The lowest BCUT2D eigenvalue weighted by Gasteiger charge is -2.04. The van der Waals surface area contributed by atoms with Gasteiger partial charge in [-0.05, 0) is 12.1 Å². The lowest BCUT2D eigenvalue weighted by atomic mass is 10.1. The van der Waals surface area contributed by atoms with Gasteiger partial charge in [-0.2, -0.15) is 0 Å². The summed E-state index contributed by atoms with van der Waals surface area (Å²) in [6.07, 6.45) is 0.602. The quantitative estimate of drug-likeness (QED) is 0.862. The minimum atomic E-state index is -0.241. The van der Waals surface area contributed by atoms with Crippen LogP contribution in [0.25, 0.3) is 11.3 Å². The molecule has 1 unspecified atom stereocenters. The Morgan fingerprint density at radius 1 is 1.50 bits per heavy atom. The summed E-state index contributed by atoms with van der Waals surface area (Å²) in [5, 5.41) is 11.9. The Morgan fingerprint density at radius 3 is 3.06 bits per heavy atom. The zero-order chi connectivity index (χ0) is 13.0. The first-order valence-electron chi connectivity index (χ1n) is 5.68. The number of methoxy groups -OCH3 is 1. The molecule has 0 aliphatic carbocycles. The summed E-state index contributed by atoms with van der Waals surface area (Å²) in [5.41, 5.74) is 7.63. The molecule has 2 rings (SSSR count). The second-order valence-electron chi connectivity index (χ2n) is 4.01. The van der Waals surface area contributed by atoms with Gasteiger partial charge in [-0.25, -0.2) is 4.98 Å². The molecule has 4 nitrogen and oxygen atoms in total. The summed E-state index contributed by atoms with van der Waals surface area (Å²) in [4.78, 5) is 4.52. The van der Waals surface area contributed by atoms with E-state index in [2.05, 4.69) is 4.98 Å². The van der Waals surface area contributed by atoms with E-state index < -0.39 is 0 Å². The Bertz CT molecular complexity index is 513. The van der Waals surface area contributed by atoms with Crippen LogP contribution in [0.2, 0.25) is 0 Å². The lowest BCUT2D eigenvalue weighted by Crippen LogP contribution is -2.26. The highest BCUT2D eigenvalue weighted by atomic mass is 32.1. The van der Waals surface area contributed by atoms with Crippen LogP contribution in [0.3, 0.4) is 0 Å². The van der Waals surface area contributed by atoms with Crippen LogP contribution >= 0.6 is 11.3 Å². The van der Waals surface area contributed by atoms with Crippen LogP contribution in [0.4, 0.5) is 0 Å². The van der Waals surface area contributed by atoms with Gasteiger partial charge in [0.25, 0.3) is 0 Å². The normalized spacial score (nSPS) is 12.4. The van der Waals surface area contributed by atoms with Crippen LogP contribution in [0, 0.1) is 0 Å². The molecular weight excluding hydrogens is 248 g/mol. The molecule has 2 aromatic rings. The van der Waals surface area contributed by atoms with Crippen molar-refractivity contribution in [3.05, 3.63) is 34.7 Å². The van der Waals surface area contributed by atoms with E-state index in [1.807, 2.05) is 29.6 Å². The first-order valence-corrected chi connectivity index (χ1v) is 6.56. The Labute approximate surface area is 110 Å². The van der Waals surface area contributed by atoms with Gasteiger partial charge in [-0.1, -0.05) is 12.1 Å². The highest BCUT2D eigenvalue weighted by Crippen LogP contribution is 2.25. The Morgan fingerprint density at radius 2 is 2.33 bits per heavy atom. The smallest absolute Gasteiger partial charge is 0.119 e. The van der Waals surface area contributed by atoms with Crippen molar-refractivity contribution in [3.8, 4) is 17.0 Å². The number of rotatable bonds is 5. The number of aliphatic hydroxyl groups excluding tert-OH is 1. The molecule has 0 fully saturated rings. The topological polar surface area (TPSA) is 68.4 Å². The number of aliphatic hydroxyl groups is 1. The minimum Gasteiger partial charge on any atom is -0.497 e. The zero-order valence-corrected chi connectivity index (χ0v) is 11.0. The average molecular weight is 264 g/mol. The molecule has 0 aliphatic rings. The summed E-state index contributed by atoms with van der Waals surface area (Å²) in [7, 11) is 1.64. The number of benzene rings is 1. The van der Waals surface area contributed by atoms with Gasteiger partial charge >= 0.3 is 0 Å². The SMILES string of the molecule is COc1cccc(-c2csc(CC(N)CO)n2)c1. The van der Waals surface area contributed by atoms with Crippen LogP contribution in [0.1, 0.15) is 5.01 Å². The number of nitrogens with two attached hydrogens (primary N) is 1. The van der Waals surface area contributed by atoms with Crippen molar-refractivity contribution >= 4 is 11.3 Å². The van der Waals surface area contributed by atoms with E-state index in [1.54, 1.807) is 18.4 Å². The summed E-state index contributed by atoms with van der Waals surface area (Å²) in [6.45, 7) is -0.0198. The third-order valence-corrected chi connectivity index (χ3v) is 3.46. The fraction of sp³-hybridized carbons (Fsp3) is 0.308. The van der Waals surface area contributed by atoms with Crippen molar-refractivity contribution in [1.82, 2.24) is 4.98 Å². The molecule has 1 aromatic heterocycles. The second-order valence-corrected chi connectivity index (χ2v) is 4.95. The van der Waals surface area contributed by atoms with Crippen LogP contribution < -0.4 is 10.5 Å². The third-order valence-electron chi connectivity index (χ3n) is 2.59. The molecular formula is C13H16N2O2S. The molecule has 0 bridgehead atoms. The predicted octanol–water partition coefficient (Wildman–Crippen LogP) is 1.68. The van der Waals surface area contributed by atoms with E-state index in [1.165, 1.54) is 0 Å². The van der Waals surface area contributed by atoms with Crippen LogP contribution in [0.15, 0.2) is 29.6 Å². The zero-order valence-electron chi connectivity index (χ0n) is 10.2. The van der Waals surface area contributed by atoms with Crippen LogP contribution in [-0.4, -0.2) is 29.8 Å². The standard InChI is InChI=1S/C13H16N2O2S/c1-17-11-4-2-3-9(5-11)12-8-18-13(15-12)6-10(14)7-16/h2-5,8,10,16H,6-7,14H2,1H3. The molecule has 5 heteroatoms. The molecule has 0 spiro atoms. The van der Waals surface area contributed by atoms with Crippen molar-refractivity contribution in [3.63, 3.8) is 0 Å². The van der Waals surface area contributed by atoms with Gasteiger partial charge in [0.2, 0.25) is 0 Å². The van der Waals surface area contributed by atoms with Crippen molar-refractivity contribution in [2.75, 3.05) is 13.7 Å². The highest BCUT2D eigenvalue weighted by Gasteiger charge is 2.08. The summed E-state index contributed by atoms with van der Waals surface area (Å²) in [6, 6.07) is 7.54. The molecule has 1 aromatic carbocycles. The lowest BCUT2D eigenvalue weighted by molar-refractivity contribution is 0.265. The van der Waals surface area contributed by atoms with E-state index in [9.17, 15) is 0 Å². The van der Waals surface area contributed by atoms with Crippen molar-refractivity contribution < 1.29 is 9.84 Å². The van der Waals surface area contributed by atoms with E-state index in [0.29, 0.717) is 6.42 Å². The maximum absolute atomic E-state index is 8.92. The highest BCUT2D eigenvalue weighted by molar-refractivity contribution is 7.09. The van der Waals surface area contributed by atoms with E-state index in [-0.39, 0.29) is 12.6 Å². The fourth-order valence-electron chi connectivity index (χ4n) is 1.61. The maximum atomic E-state index is 8.92. The first kappa shape index (κ1) is 13.0. The van der Waals surface area contributed by atoms with Gasteiger partial charge in [0.05, 0.1) is 24.4 Å². The molecule has 18 heavy (non-hydrogen) atoms. The monoisotopic (exact) mass is 264 g/mol. The number of nitrogens with zero attached hydrogens (tertiary/aromatic N) is 1. The van der Waals surface area contributed by atoms with Gasteiger partial charge in [-0.3, -0.25) is 0 Å². The van der Waals surface area contributed by atoms with E-state index >= 15 is 0 Å². The van der Waals surface area contributed by atoms with Gasteiger partial charge < -0.3 is 15.6 Å². The molecule has 0 amide bonds. The Kier molecular flexibility index (Phi) is 4.30. The number of thiazole rings is 1. The van der Waals surface area contributed by atoms with Crippen molar-refractivity contribution in [1.29, 1.82) is 0 Å². The van der Waals surface area contributed by atoms with Crippen LogP contribution in [0.5, 0.6) is 5.75 Å². The summed E-state index contributed by atoms with van der Waals surface area (Å²) >= 11 is 1.56. The average Bonchev–Trinajstić information content (AvgIpc) is 2.87. The Balaban J connectivity index is 2.18. The summed E-state index contributed by atoms with van der Waals surface area (Å²) in [5.74, 6) is 0.814. The molecule has 0 aliphatic heterocycles. The summed E-state index contributed by atoms with van der Waals surface area (Å²) < 4.78 is 5.19. The van der Waals surface area contributed by atoms with Crippen LogP contribution in [-0.2, 0) is 6.42 Å². The number of hydrogen-bond donors (Lipinski definition) is 2. The van der Waals surface area contributed by atoms with Crippen molar-refractivity contribution in [2.45, 2.75) is 12.5 Å². The molecule has 0 radical (unpaired) electrons. The van der Waals surface area contributed by atoms with E-state index in [0.717, 1.165) is 22.0 Å². The fourth-order valence-corrected chi connectivity index (χ4v) is 2.51. The predicted molar refractivity (Wildman–Crippen MR) is 72.9 cm³/mol.